The quantitative estimate of drug-likeness (QED) is 0.534. The van der Waals surface area contributed by atoms with Gasteiger partial charge in [0.1, 0.15) is 5.75 Å². The topological polar surface area (TPSA) is 46.5 Å². The molecule has 0 radical (unpaired) electrons. The van der Waals surface area contributed by atoms with Gasteiger partial charge in [0.15, 0.2) is 0 Å². The average molecular weight is 379 g/mol. The van der Waals surface area contributed by atoms with E-state index in [1.165, 1.54) is 12.7 Å². The number of esters is 1. The molecule has 0 aromatic heterocycles. The van der Waals surface area contributed by atoms with Crippen LogP contribution in [0.3, 0.4) is 0 Å². The summed E-state index contributed by atoms with van der Waals surface area (Å²) in [5.74, 6) is -0.151. The zero-order valence-electron chi connectivity index (χ0n) is 17.8. The standard InChI is InChI=1S/C25H30O3/c1-15-14-19-21(25(5,6)13-12-24(19,3)4)22(26)20(15)18-11-9-8-10-17(18)16(2)23(27)28-7/h8-11,14,26H,2,12-13H2,1,3-7H3. The molecule has 0 atom stereocenters. The smallest absolute Gasteiger partial charge is 0.337 e. The Morgan fingerprint density at radius 1 is 1.11 bits per heavy atom. The highest BCUT2D eigenvalue weighted by molar-refractivity contribution is 6.17. The molecule has 0 saturated heterocycles. The van der Waals surface area contributed by atoms with Gasteiger partial charge in [-0.05, 0) is 52.8 Å². The number of aryl methyl sites for hydroxylation is 1. The van der Waals surface area contributed by atoms with Gasteiger partial charge in [0.05, 0.1) is 12.7 Å². The predicted molar refractivity (Wildman–Crippen MR) is 115 cm³/mol. The highest BCUT2D eigenvalue weighted by atomic mass is 16.5. The third kappa shape index (κ3) is 3.13. The van der Waals surface area contributed by atoms with Crippen molar-refractivity contribution < 1.29 is 14.6 Å². The van der Waals surface area contributed by atoms with Crippen LogP contribution in [0.4, 0.5) is 0 Å². The zero-order valence-corrected chi connectivity index (χ0v) is 17.8. The monoisotopic (exact) mass is 378 g/mol. The molecule has 2 aromatic carbocycles. The Hall–Kier alpha value is -2.55. The molecule has 0 spiro atoms. The summed E-state index contributed by atoms with van der Waals surface area (Å²) in [4.78, 5) is 12.1. The number of carbonyl (C=O) groups is 1. The first-order valence-electron chi connectivity index (χ1n) is 9.76. The van der Waals surface area contributed by atoms with Crippen LogP contribution < -0.4 is 0 Å². The van der Waals surface area contributed by atoms with Crippen molar-refractivity contribution in [1.29, 1.82) is 0 Å². The van der Waals surface area contributed by atoms with Crippen molar-refractivity contribution in [2.24, 2.45) is 0 Å². The fourth-order valence-corrected chi connectivity index (χ4v) is 4.44. The van der Waals surface area contributed by atoms with Crippen LogP contribution in [0.25, 0.3) is 16.7 Å². The van der Waals surface area contributed by atoms with E-state index in [1.807, 2.05) is 31.2 Å². The lowest BCUT2D eigenvalue weighted by atomic mass is 9.62. The van der Waals surface area contributed by atoms with E-state index in [1.54, 1.807) is 0 Å². The SMILES string of the molecule is C=C(C(=O)OC)c1ccccc1-c1c(C)cc2c(c1O)C(C)(C)CCC2(C)C. The molecule has 1 aliphatic carbocycles. The molecular weight excluding hydrogens is 348 g/mol. The highest BCUT2D eigenvalue weighted by Gasteiger charge is 2.40. The number of carbonyl (C=O) groups excluding carboxylic acids is 1. The number of fused-ring (bicyclic) bond motifs is 1. The van der Waals surface area contributed by atoms with Gasteiger partial charge in [0, 0.05) is 11.1 Å². The molecule has 0 amide bonds. The van der Waals surface area contributed by atoms with Gasteiger partial charge in [-0.2, -0.15) is 0 Å². The van der Waals surface area contributed by atoms with Crippen LogP contribution in [0.5, 0.6) is 5.75 Å². The third-order valence-electron chi connectivity index (χ3n) is 6.23. The van der Waals surface area contributed by atoms with E-state index in [-0.39, 0.29) is 16.4 Å². The largest absolute Gasteiger partial charge is 0.507 e. The second kappa shape index (κ2) is 6.80. The molecule has 0 unspecified atom stereocenters. The van der Waals surface area contributed by atoms with E-state index in [0.29, 0.717) is 11.3 Å². The summed E-state index contributed by atoms with van der Waals surface area (Å²) in [6, 6.07) is 9.77. The van der Waals surface area contributed by atoms with E-state index in [9.17, 15) is 9.90 Å². The van der Waals surface area contributed by atoms with Crippen LogP contribution in [0.2, 0.25) is 0 Å². The number of rotatable bonds is 3. The maximum atomic E-state index is 12.1. The molecule has 0 fully saturated rings. The first kappa shape index (κ1) is 20.2. The maximum absolute atomic E-state index is 12.1. The van der Waals surface area contributed by atoms with E-state index >= 15 is 0 Å². The van der Waals surface area contributed by atoms with E-state index in [0.717, 1.165) is 35.1 Å². The number of ether oxygens (including phenoxy) is 1. The summed E-state index contributed by atoms with van der Waals surface area (Å²) in [6.45, 7) is 14.8. The normalized spacial score (nSPS) is 16.9. The van der Waals surface area contributed by atoms with Gasteiger partial charge >= 0.3 is 5.97 Å². The number of hydrogen-bond donors (Lipinski definition) is 1. The van der Waals surface area contributed by atoms with Gasteiger partial charge in [0.25, 0.3) is 0 Å². The molecule has 1 aliphatic rings. The Bertz CT molecular complexity index is 964. The Morgan fingerprint density at radius 2 is 1.71 bits per heavy atom. The molecule has 2 aromatic rings. The number of phenolic OH excluding ortho intramolecular Hbond substituents is 1. The Balaban J connectivity index is 2.33. The first-order chi connectivity index (χ1) is 13.0. The third-order valence-corrected chi connectivity index (χ3v) is 6.23. The van der Waals surface area contributed by atoms with Crippen LogP contribution in [0, 0.1) is 6.92 Å². The van der Waals surface area contributed by atoms with Gasteiger partial charge in [-0.3, -0.25) is 0 Å². The van der Waals surface area contributed by atoms with E-state index in [2.05, 4.69) is 40.3 Å². The number of benzene rings is 2. The average Bonchev–Trinajstić information content (AvgIpc) is 2.64. The first-order valence-corrected chi connectivity index (χ1v) is 9.76. The minimum atomic E-state index is -0.469. The van der Waals surface area contributed by atoms with Crippen LogP contribution in [-0.2, 0) is 20.4 Å². The fraction of sp³-hybridized carbons (Fsp3) is 0.400. The summed E-state index contributed by atoms with van der Waals surface area (Å²) in [6.07, 6.45) is 2.10. The van der Waals surface area contributed by atoms with Crippen molar-refractivity contribution in [1.82, 2.24) is 0 Å². The second-order valence-corrected chi connectivity index (χ2v) is 9.12. The molecule has 0 aliphatic heterocycles. The summed E-state index contributed by atoms with van der Waals surface area (Å²) in [7, 11) is 1.35. The lowest BCUT2D eigenvalue weighted by Crippen LogP contribution is -2.34. The number of methoxy groups -OCH3 is 1. The molecule has 3 nitrogen and oxygen atoms in total. The lowest BCUT2D eigenvalue weighted by Gasteiger charge is -2.43. The van der Waals surface area contributed by atoms with E-state index < -0.39 is 5.97 Å². The van der Waals surface area contributed by atoms with Crippen molar-refractivity contribution in [2.45, 2.75) is 58.3 Å². The van der Waals surface area contributed by atoms with Crippen molar-refractivity contribution in [3.8, 4) is 16.9 Å². The molecule has 148 valence electrons. The van der Waals surface area contributed by atoms with Crippen LogP contribution in [0.15, 0.2) is 36.9 Å². The summed E-state index contributed by atoms with van der Waals surface area (Å²) >= 11 is 0. The molecular formula is C25H30O3. The summed E-state index contributed by atoms with van der Waals surface area (Å²) in [5.41, 5.74) is 5.66. The highest BCUT2D eigenvalue weighted by Crippen LogP contribution is 2.53. The fourth-order valence-electron chi connectivity index (χ4n) is 4.44. The number of aromatic hydroxyl groups is 1. The summed E-state index contributed by atoms with van der Waals surface area (Å²) < 4.78 is 4.87. The van der Waals surface area contributed by atoms with Gasteiger partial charge in [-0.15, -0.1) is 0 Å². The molecule has 3 rings (SSSR count). The van der Waals surface area contributed by atoms with Crippen LogP contribution in [-0.4, -0.2) is 18.2 Å². The van der Waals surface area contributed by atoms with Gasteiger partial charge in [-0.25, -0.2) is 4.79 Å². The van der Waals surface area contributed by atoms with Crippen LogP contribution in [0.1, 0.15) is 62.8 Å². The second-order valence-electron chi connectivity index (χ2n) is 9.12. The van der Waals surface area contributed by atoms with Gasteiger partial charge in [0.2, 0.25) is 0 Å². The van der Waals surface area contributed by atoms with Crippen molar-refractivity contribution in [3.05, 3.63) is 59.2 Å². The Labute approximate surface area is 168 Å². The van der Waals surface area contributed by atoms with Gasteiger partial charge < -0.3 is 9.84 Å². The van der Waals surface area contributed by atoms with Crippen molar-refractivity contribution in [2.75, 3.05) is 7.11 Å². The molecule has 1 N–H and O–H groups in total. The number of phenols is 1. The van der Waals surface area contributed by atoms with Gasteiger partial charge in [-0.1, -0.05) is 64.6 Å². The minimum absolute atomic E-state index is 0.0146. The summed E-state index contributed by atoms with van der Waals surface area (Å²) in [5, 5.41) is 11.5. The lowest BCUT2D eigenvalue weighted by molar-refractivity contribution is -0.133. The van der Waals surface area contributed by atoms with Crippen molar-refractivity contribution >= 4 is 11.5 Å². The molecule has 0 bridgehead atoms. The zero-order chi connectivity index (χ0) is 20.9. The molecule has 0 heterocycles. The Morgan fingerprint density at radius 3 is 2.36 bits per heavy atom. The molecule has 28 heavy (non-hydrogen) atoms. The van der Waals surface area contributed by atoms with Crippen LogP contribution >= 0.6 is 0 Å². The predicted octanol–water partition coefficient (Wildman–Crippen LogP) is 5.90. The molecule has 3 heteroatoms. The molecule has 0 saturated carbocycles. The Kier molecular flexibility index (Phi) is 4.91. The minimum Gasteiger partial charge on any atom is -0.507 e. The van der Waals surface area contributed by atoms with E-state index in [4.69, 9.17) is 4.74 Å². The number of hydrogen-bond acceptors (Lipinski definition) is 3. The maximum Gasteiger partial charge on any atom is 0.337 e. The van der Waals surface area contributed by atoms with Crippen molar-refractivity contribution in [3.63, 3.8) is 0 Å².